The van der Waals surface area contributed by atoms with E-state index in [4.69, 9.17) is 4.98 Å². The summed E-state index contributed by atoms with van der Waals surface area (Å²) in [5.41, 5.74) is 0.957. The number of urea groups is 1. The Balaban J connectivity index is 1.26. The molecule has 1 N–H and O–H groups in total. The van der Waals surface area contributed by atoms with Crippen molar-refractivity contribution in [3.63, 3.8) is 0 Å². The maximum Gasteiger partial charge on any atom is 0.325 e. The molecule has 3 atom stereocenters. The molecule has 0 saturated carbocycles. The number of rotatable bonds is 2. The number of imide groups is 1. The topological polar surface area (TPSA) is 81.7 Å². The molecule has 136 valence electrons. The molecule has 3 saturated heterocycles. The molecule has 3 amide bonds. The summed E-state index contributed by atoms with van der Waals surface area (Å²) in [5, 5.41) is 4.02. The van der Waals surface area contributed by atoms with E-state index in [2.05, 4.69) is 20.1 Å². The third-order valence-electron chi connectivity index (χ3n) is 5.74. The molecule has 0 radical (unpaired) electrons. The standard InChI is InChI=1S/C17H20N6O2S/c1-21-15(24)4-14(20-16(21)25)22-6-10-8-23(9-11(10)7-22)17-19-12-5-18-3-2-13(12)26-17/h2-3,5,10-11,14H,4,6-9H2,1H3,(H,20,25). The van der Waals surface area contributed by atoms with Crippen LogP contribution >= 0.6 is 11.3 Å². The number of anilines is 1. The van der Waals surface area contributed by atoms with Crippen molar-refractivity contribution in [2.45, 2.75) is 12.6 Å². The smallest absolute Gasteiger partial charge is 0.325 e. The van der Waals surface area contributed by atoms with Crippen LogP contribution in [0.1, 0.15) is 6.42 Å². The lowest BCUT2D eigenvalue weighted by molar-refractivity contribution is -0.130. The first-order chi connectivity index (χ1) is 12.6. The zero-order valence-corrected chi connectivity index (χ0v) is 15.3. The average molecular weight is 372 g/mol. The summed E-state index contributed by atoms with van der Waals surface area (Å²) >= 11 is 1.72. The number of pyridine rings is 1. The molecule has 5 heterocycles. The first-order valence-corrected chi connectivity index (χ1v) is 9.67. The number of hydrogen-bond donors (Lipinski definition) is 1. The van der Waals surface area contributed by atoms with Gasteiger partial charge in [0.25, 0.3) is 0 Å². The highest BCUT2D eigenvalue weighted by atomic mass is 32.1. The Labute approximate surface area is 154 Å². The van der Waals surface area contributed by atoms with Crippen LogP contribution in [-0.4, -0.2) is 71.1 Å². The van der Waals surface area contributed by atoms with Crippen molar-refractivity contribution in [1.82, 2.24) is 25.1 Å². The highest BCUT2D eigenvalue weighted by Crippen LogP contribution is 2.37. The van der Waals surface area contributed by atoms with Crippen LogP contribution in [0, 0.1) is 11.8 Å². The second kappa shape index (κ2) is 5.88. The van der Waals surface area contributed by atoms with E-state index in [-0.39, 0.29) is 18.1 Å². The number of likely N-dealkylation sites (tertiary alicyclic amines) is 1. The van der Waals surface area contributed by atoms with Gasteiger partial charge in [0.2, 0.25) is 5.91 Å². The van der Waals surface area contributed by atoms with Crippen molar-refractivity contribution in [2.75, 3.05) is 38.1 Å². The van der Waals surface area contributed by atoms with E-state index in [9.17, 15) is 9.59 Å². The number of carbonyl (C=O) groups is 2. The van der Waals surface area contributed by atoms with Crippen LogP contribution in [-0.2, 0) is 4.79 Å². The molecular formula is C17H20N6O2S. The predicted molar refractivity (Wildman–Crippen MR) is 97.9 cm³/mol. The van der Waals surface area contributed by atoms with Gasteiger partial charge in [0.15, 0.2) is 5.13 Å². The van der Waals surface area contributed by atoms with E-state index in [1.807, 2.05) is 12.3 Å². The van der Waals surface area contributed by atoms with E-state index >= 15 is 0 Å². The average Bonchev–Trinajstić information content (AvgIpc) is 3.30. The Morgan fingerprint density at radius 1 is 1.19 bits per heavy atom. The monoisotopic (exact) mass is 372 g/mol. The van der Waals surface area contributed by atoms with Gasteiger partial charge in [-0.05, 0) is 17.9 Å². The van der Waals surface area contributed by atoms with Gasteiger partial charge in [-0.1, -0.05) is 11.3 Å². The molecule has 3 fully saturated rings. The third kappa shape index (κ3) is 2.53. The van der Waals surface area contributed by atoms with Crippen molar-refractivity contribution in [2.24, 2.45) is 11.8 Å². The highest BCUT2D eigenvalue weighted by molar-refractivity contribution is 7.22. The largest absolute Gasteiger partial charge is 0.347 e. The summed E-state index contributed by atoms with van der Waals surface area (Å²) in [5.74, 6) is 0.985. The number of nitrogens with zero attached hydrogens (tertiary/aromatic N) is 5. The van der Waals surface area contributed by atoms with Gasteiger partial charge in [-0.2, -0.15) is 0 Å². The lowest BCUT2D eigenvalue weighted by Crippen LogP contribution is -2.59. The fourth-order valence-corrected chi connectivity index (χ4v) is 5.22. The van der Waals surface area contributed by atoms with Gasteiger partial charge in [-0.15, -0.1) is 0 Å². The number of carbonyl (C=O) groups excluding carboxylic acids is 2. The van der Waals surface area contributed by atoms with Gasteiger partial charge >= 0.3 is 6.03 Å². The molecule has 3 unspecified atom stereocenters. The molecule has 0 spiro atoms. The van der Waals surface area contributed by atoms with E-state index in [0.717, 1.165) is 41.7 Å². The van der Waals surface area contributed by atoms with Crippen molar-refractivity contribution in [3.8, 4) is 0 Å². The second-order valence-corrected chi connectivity index (χ2v) is 8.35. The molecule has 9 heteroatoms. The summed E-state index contributed by atoms with van der Waals surface area (Å²) in [6.07, 6.45) is 3.81. The minimum Gasteiger partial charge on any atom is -0.347 e. The maximum absolute atomic E-state index is 12.0. The zero-order chi connectivity index (χ0) is 17.8. The first-order valence-electron chi connectivity index (χ1n) is 8.85. The molecule has 5 rings (SSSR count). The van der Waals surface area contributed by atoms with Gasteiger partial charge in [0.05, 0.1) is 23.5 Å². The van der Waals surface area contributed by atoms with Crippen LogP contribution in [0.3, 0.4) is 0 Å². The summed E-state index contributed by atoms with van der Waals surface area (Å²) in [4.78, 5) is 38.5. The lowest BCUT2D eigenvalue weighted by atomic mass is 10.0. The quantitative estimate of drug-likeness (QED) is 0.846. The summed E-state index contributed by atoms with van der Waals surface area (Å²) in [7, 11) is 1.53. The molecule has 3 aliphatic heterocycles. The van der Waals surface area contributed by atoms with Gasteiger partial charge in [0, 0.05) is 39.4 Å². The normalized spacial score (nSPS) is 29.5. The zero-order valence-electron chi connectivity index (χ0n) is 14.5. The molecule has 0 bridgehead atoms. The van der Waals surface area contributed by atoms with Crippen LogP contribution in [0.5, 0.6) is 0 Å². The van der Waals surface area contributed by atoms with Crippen molar-refractivity contribution >= 4 is 38.6 Å². The van der Waals surface area contributed by atoms with Crippen molar-refractivity contribution < 1.29 is 9.59 Å². The Bertz CT molecular complexity index is 820. The number of nitrogens with one attached hydrogen (secondary N) is 1. The lowest BCUT2D eigenvalue weighted by Gasteiger charge is -2.35. The van der Waals surface area contributed by atoms with Crippen molar-refractivity contribution in [3.05, 3.63) is 18.5 Å². The van der Waals surface area contributed by atoms with Crippen molar-refractivity contribution in [1.29, 1.82) is 0 Å². The fourth-order valence-electron chi connectivity index (χ4n) is 4.27. The van der Waals surface area contributed by atoms with Gasteiger partial charge < -0.3 is 10.2 Å². The van der Waals surface area contributed by atoms with Gasteiger partial charge in [-0.25, -0.2) is 9.78 Å². The fraction of sp³-hybridized carbons (Fsp3) is 0.529. The van der Waals surface area contributed by atoms with Crippen LogP contribution in [0.2, 0.25) is 0 Å². The SMILES string of the molecule is CN1C(=O)CC(N2CC3CN(c4nc5cnccc5s4)CC3C2)NC1=O. The predicted octanol–water partition coefficient (Wildman–Crippen LogP) is 0.957. The molecule has 3 aliphatic rings. The molecular weight excluding hydrogens is 352 g/mol. The summed E-state index contributed by atoms with van der Waals surface area (Å²) < 4.78 is 1.17. The minimum atomic E-state index is -0.298. The molecule has 26 heavy (non-hydrogen) atoms. The molecule has 2 aromatic rings. The second-order valence-electron chi connectivity index (χ2n) is 7.34. The third-order valence-corrected chi connectivity index (χ3v) is 6.84. The van der Waals surface area contributed by atoms with E-state index in [0.29, 0.717) is 18.3 Å². The molecule has 0 aliphatic carbocycles. The highest BCUT2D eigenvalue weighted by Gasteiger charge is 2.44. The van der Waals surface area contributed by atoms with E-state index in [1.165, 1.54) is 11.7 Å². The van der Waals surface area contributed by atoms with Gasteiger partial charge in [-0.3, -0.25) is 19.6 Å². The Kier molecular flexibility index (Phi) is 3.61. The van der Waals surface area contributed by atoms with Crippen LogP contribution in [0.15, 0.2) is 18.5 Å². The molecule has 8 nitrogen and oxygen atoms in total. The number of aromatic nitrogens is 2. The molecule has 2 aromatic heterocycles. The number of thiazole rings is 1. The number of amides is 3. The summed E-state index contributed by atoms with van der Waals surface area (Å²) in [6, 6.07) is 1.71. The summed E-state index contributed by atoms with van der Waals surface area (Å²) in [6.45, 7) is 3.77. The minimum absolute atomic E-state index is 0.111. The van der Waals surface area contributed by atoms with E-state index < -0.39 is 0 Å². The van der Waals surface area contributed by atoms with Crippen LogP contribution in [0.4, 0.5) is 9.93 Å². The first kappa shape index (κ1) is 16.0. The number of fused-ring (bicyclic) bond motifs is 2. The number of hydrogen-bond acceptors (Lipinski definition) is 7. The van der Waals surface area contributed by atoms with Crippen LogP contribution in [0.25, 0.3) is 10.2 Å². The van der Waals surface area contributed by atoms with E-state index in [1.54, 1.807) is 17.5 Å². The van der Waals surface area contributed by atoms with Gasteiger partial charge in [0.1, 0.15) is 5.52 Å². The Morgan fingerprint density at radius 3 is 2.65 bits per heavy atom. The molecule has 0 aromatic carbocycles. The van der Waals surface area contributed by atoms with Crippen LogP contribution < -0.4 is 10.2 Å². The Morgan fingerprint density at radius 2 is 1.96 bits per heavy atom. The Hall–Kier alpha value is -2.26. The maximum atomic E-state index is 12.0.